The number of aromatic nitrogens is 1. The highest BCUT2D eigenvalue weighted by Gasteiger charge is 2.35. The zero-order valence-electron chi connectivity index (χ0n) is 18.8. The molecule has 0 N–H and O–H groups in total. The zero-order chi connectivity index (χ0) is 22.1. The van der Waals surface area contributed by atoms with Crippen LogP contribution in [0.15, 0.2) is 22.5 Å². The highest BCUT2D eigenvalue weighted by Crippen LogP contribution is 2.37. The Bertz CT molecular complexity index is 908. The molecule has 0 atom stereocenters. The summed E-state index contributed by atoms with van der Waals surface area (Å²) in [5.74, 6) is 1.58. The molecule has 0 spiro atoms. The third-order valence-corrected chi connectivity index (χ3v) is 10.6. The third kappa shape index (κ3) is 6.83. The smallest absolute Gasteiger partial charge is 0.279 e. The number of rotatable bonds is 13. The van der Waals surface area contributed by atoms with Gasteiger partial charge < -0.3 is 4.74 Å². The van der Waals surface area contributed by atoms with E-state index in [1.54, 1.807) is 3.71 Å². The molecule has 1 aliphatic rings. The van der Waals surface area contributed by atoms with Crippen molar-refractivity contribution in [1.82, 2.24) is 8.69 Å². The zero-order valence-corrected chi connectivity index (χ0v) is 21.3. The summed E-state index contributed by atoms with van der Waals surface area (Å²) >= 11 is 2.77. The Morgan fingerprint density at radius 2 is 1.84 bits per heavy atom. The number of benzene rings is 1. The number of ether oxygens (including phenoxy) is 1. The topological polar surface area (TPSA) is 59.5 Å². The van der Waals surface area contributed by atoms with Crippen LogP contribution >= 0.6 is 23.3 Å². The molecule has 5 nitrogen and oxygen atoms in total. The van der Waals surface area contributed by atoms with Gasteiger partial charge >= 0.3 is 0 Å². The number of fused-ring (bicyclic) bond motifs is 1. The highest BCUT2D eigenvalue weighted by molar-refractivity contribution is 8.09. The lowest BCUT2D eigenvalue weighted by Gasteiger charge is -2.31. The van der Waals surface area contributed by atoms with Gasteiger partial charge in [0.15, 0.2) is 0 Å². The Morgan fingerprint density at radius 1 is 1.10 bits per heavy atom. The molecule has 31 heavy (non-hydrogen) atoms. The monoisotopic (exact) mass is 484 g/mol. The van der Waals surface area contributed by atoms with E-state index in [1.165, 1.54) is 61.8 Å². The molecule has 1 aromatic heterocycles. The van der Waals surface area contributed by atoms with Crippen LogP contribution in [-0.2, 0) is 10.0 Å². The van der Waals surface area contributed by atoms with E-state index in [4.69, 9.17) is 4.74 Å². The normalized spacial score (nSPS) is 15.7. The van der Waals surface area contributed by atoms with Crippen molar-refractivity contribution in [3.05, 3.63) is 18.2 Å². The summed E-state index contributed by atoms with van der Waals surface area (Å²) in [4.78, 5) is 4.52. The van der Waals surface area contributed by atoms with Crippen LogP contribution in [0.5, 0.6) is 5.75 Å². The van der Waals surface area contributed by atoms with Crippen molar-refractivity contribution in [1.29, 1.82) is 0 Å². The average molecular weight is 485 g/mol. The maximum atomic E-state index is 13.6. The molecule has 1 saturated carbocycles. The van der Waals surface area contributed by atoms with Gasteiger partial charge in [-0.05, 0) is 38.3 Å². The van der Waals surface area contributed by atoms with Crippen LogP contribution in [0.2, 0.25) is 0 Å². The number of unbranched alkanes of at least 4 members (excludes halogenated alkanes) is 5. The predicted molar refractivity (Wildman–Crippen MR) is 133 cm³/mol. The predicted octanol–water partition coefficient (Wildman–Crippen LogP) is 7.03. The average Bonchev–Trinajstić information content (AvgIpc) is 3.21. The van der Waals surface area contributed by atoms with Gasteiger partial charge in [0.25, 0.3) is 10.0 Å². The number of hydrogen-bond donors (Lipinski definition) is 0. The fourth-order valence-electron chi connectivity index (χ4n) is 4.03. The molecule has 1 fully saturated rings. The molecule has 8 heteroatoms. The van der Waals surface area contributed by atoms with Gasteiger partial charge in [-0.15, -0.1) is 15.0 Å². The molecule has 3 rings (SSSR count). The van der Waals surface area contributed by atoms with Crippen LogP contribution in [-0.4, -0.2) is 35.5 Å². The Hall–Kier alpha value is -0.830. The molecule has 1 aromatic carbocycles. The molecule has 0 bridgehead atoms. The number of sulfonamides is 1. The van der Waals surface area contributed by atoms with Crippen LogP contribution in [0.3, 0.4) is 0 Å². The van der Waals surface area contributed by atoms with E-state index in [-0.39, 0.29) is 10.4 Å². The van der Waals surface area contributed by atoms with Crippen molar-refractivity contribution in [2.45, 2.75) is 94.9 Å². The Kier molecular flexibility index (Phi) is 9.94. The number of hydrogen-bond acceptors (Lipinski definition) is 6. The van der Waals surface area contributed by atoms with Gasteiger partial charge in [-0.3, -0.25) is 0 Å². The van der Waals surface area contributed by atoms with Crippen molar-refractivity contribution >= 4 is 43.5 Å². The van der Waals surface area contributed by atoms with Gasteiger partial charge in [0, 0.05) is 17.9 Å². The summed E-state index contributed by atoms with van der Waals surface area (Å²) in [6.45, 7) is 4.73. The first-order chi connectivity index (χ1) is 15.1. The van der Waals surface area contributed by atoms with E-state index in [2.05, 4.69) is 11.9 Å². The lowest BCUT2D eigenvalue weighted by Crippen LogP contribution is -2.36. The molecule has 0 unspecified atom stereocenters. The van der Waals surface area contributed by atoms with Gasteiger partial charge in [-0.25, -0.2) is 13.4 Å². The second-order valence-corrected chi connectivity index (χ2v) is 12.5. The minimum absolute atomic E-state index is 0.0786. The Morgan fingerprint density at radius 3 is 2.58 bits per heavy atom. The molecule has 174 valence electrons. The maximum absolute atomic E-state index is 13.6. The summed E-state index contributed by atoms with van der Waals surface area (Å²) in [7, 11) is -3.63. The van der Waals surface area contributed by atoms with Crippen LogP contribution < -0.4 is 4.74 Å². The minimum atomic E-state index is -3.63. The number of nitrogens with zero attached hydrogens (tertiary/aromatic N) is 2. The van der Waals surface area contributed by atoms with Crippen molar-refractivity contribution in [3.8, 4) is 5.75 Å². The van der Waals surface area contributed by atoms with E-state index in [1.807, 2.05) is 25.1 Å². The van der Waals surface area contributed by atoms with E-state index >= 15 is 0 Å². The first kappa shape index (κ1) is 24.8. The molecule has 1 aliphatic carbocycles. The molecule has 0 amide bonds. The lowest BCUT2D eigenvalue weighted by molar-refractivity contribution is 0.340. The van der Waals surface area contributed by atoms with Crippen molar-refractivity contribution in [2.75, 3.05) is 12.4 Å². The van der Waals surface area contributed by atoms with Crippen molar-refractivity contribution < 1.29 is 13.2 Å². The van der Waals surface area contributed by atoms with Gasteiger partial charge in [0.05, 0.1) is 16.8 Å². The van der Waals surface area contributed by atoms with Crippen LogP contribution in [0.1, 0.15) is 84.5 Å². The summed E-state index contributed by atoms with van der Waals surface area (Å²) in [6.07, 6.45) is 12.6. The standard InChI is InChI=1S/C23H36N2O3S3/c1-3-5-6-7-8-12-17-29-25(19-13-10-9-11-14-19)31(26,27)23-24-21-18-20(28-4-2)15-16-22(21)30-23/h15-16,18-19H,3-14,17H2,1-2H3. The summed E-state index contributed by atoms with van der Waals surface area (Å²) in [6, 6.07) is 5.70. The molecule has 2 aromatic rings. The molecular weight excluding hydrogens is 448 g/mol. The van der Waals surface area contributed by atoms with Gasteiger partial charge in [0.1, 0.15) is 5.75 Å². The van der Waals surface area contributed by atoms with Crippen LogP contribution in [0.25, 0.3) is 10.2 Å². The molecular formula is C23H36N2O3S3. The van der Waals surface area contributed by atoms with Crippen LogP contribution in [0, 0.1) is 0 Å². The maximum Gasteiger partial charge on any atom is 0.279 e. The highest BCUT2D eigenvalue weighted by atomic mass is 32.3. The Balaban J connectivity index is 1.74. The third-order valence-electron chi connectivity index (χ3n) is 5.70. The quantitative estimate of drug-likeness (QED) is 0.226. The lowest BCUT2D eigenvalue weighted by atomic mass is 9.96. The first-order valence-electron chi connectivity index (χ1n) is 11.8. The van der Waals surface area contributed by atoms with E-state index in [9.17, 15) is 8.42 Å². The molecule has 1 heterocycles. The van der Waals surface area contributed by atoms with E-state index in [0.29, 0.717) is 12.1 Å². The van der Waals surface area contributed by atoms with Crippen molar-refractivity contribution in [3.63, 3.8) is 0 Å². The van der Waals surface area contributed by atoms with Crippen LogP contribution in [0.4, 0.5) is 0 Å². The van der Waals surface area contributed by atoms with E-state index in [0.717, 1.165) is 48.3 Å². The fourth-order valence-corrected chi connectivity index (χ4v) is 8.68. The molecule has 0 aliphatic heterocycles. The second-order valence-electron chi connectivity index (χ2n) is 8.20. The van der Waals surface area contributed by atoms with Gasteiger partial charge in [0.2, 0.25) is 4.34 Å². The number of thiazole rings is 1. The molecule has 0 radical (unpaired) electrons. The van der Waals surface area contributed by atoms with Gasteiger partial charge in [-0.1, -0.05) is 70.2 Å². The van der Waals surface area contributed by atoms with Gasteiger partial charge in [-0.2, -0.15) is 0 Å². The fraction of sp³-hybridized carbons (Fsp3) is 0.696. The summed E-state index contributed by atoms with van der Waals surface area (Å²) in [5.41, 5.74) is 0.694. The second kappa shape index (κ2) is 12.4. The van der Waals surface area contributed by atoms with E-state index < -0.39 is 10.0 Å². The van der Waals surface area contributed by atoms with Crippen molar-refractivity contribution in [2.24, 2.45) is 0 Å². The molecule has 0 saturated heterocycles. The largest absolute Gasteiger partial charge is 0.494 e. The summed E-state index contributed by atoms with van der Waals surface area (Å²) in [5, 5.41) is 0. The Labute approximate surface area is 196 Å². The first-order valence-corrected chi connectivity index (χ1v) is 15.0. The summed E-state index contributed by atoms with van der Waals surface area (Å²) < 4.78 is 35.6. The minimum Gasteiger partial charge on any atom is -0.494 e. The SMILES string of the molecule is CCCCCCCCSN(C1CCCCC1)S(=O)(=O)c1nc2cc(OCC)ccc2s1.